The summed E-state index contributed by atoms with van der Waals surface area (Å²) in [5.41, 5.74) is 0.247. The molecule has 0 unspecified atom stereocenters. The SMILES string of the molecule is CCOC(=O)CC[C@H](NC(=O)C=Cc1ccccc1F)C(=O)OCC. The lowest BCUT2D eigenvalue weighted by atomic mass is 10.1. The summed E-state index contributed by atoms with van der Waals surface area (Å²) in [6.45, 7) is 3.70. The summed E-state index contributed by atoms with van der Waals surface area (Å²) in [6.07, 6.45) is 2.44. The lowest BCUT2D eigenvalue weighted by Crippen LogP contribution is -2.41. The van der Waals surface area contributed by atoms with Gasteiger partial charge in [0, 0.05) is 18.1 Å². The Kier molecular flexibility index (Phi) is 8.92. The number of esters is 2. The van der Waals surface area contributed by atoms with Crippen molar-refractivity contribution in [3.05, 3.63) is 41.7 Å². The third-order valence-electron chi connectivity index (χ3n) is 3.15. The van der Waals surface area contributed by atoms with Gasteiger partial charge in [0.05, 0.1) is 13.2 Å². The number of amides is 1. The first-order chi connectivity index (χ1) is 12.0. The fourth-order valence-corrected chi connectivity index (χ4v) is 1.98. The van der Waals surface area contributed by atoms with Crippen LogP contribution in [0.4, 0.5) is 4.39 Å². The van der Waals surface area contributed by atoms with E-state index in [2.05, 4.69) is 5.32 Å². The van der Waals surface area contributed by atoms with Gasteiger partial charge in [-0.3, -0.25) is 9.59 Å². The van der Waals surface area contributed by atoms with E-state index in [0.29, 0.717) is 0 Å². The van der Waals surface area contributed by atoms with Gasteiger partial charge in [-0.05, 0) is 32.4 Å². The molecule has 0 bridgehead atoms. The lowest BCUT2D eigenvalue weighted by Gasteiger charge is -2.16. The third-order valence-corrected chi connectivity index (χ3v) is 3.15. The van der Waals surface area contributed by atoms with Crippen LogP contribution in [0.3, 0.4) is 0 Å². The van der Waals surface area contributed by atoms with E-state index >= 15 is 0 Å². The first-order valence-electron chi connectivity index (χ1n) is 8.03. The van der Waals surface area contributed by atoms with Crippen molar-refractivity contribution >= 4 is 23.9 Å². The maximum atomic E-state index is 13.5. The number of carbonyl (C=O) groups excluding carboxylic acids is 3. The molecule has 6 nitrogen and oxygen atoms in total. The number of hydrogen-bond acceptors (Lipinski definition) is 5. The van der Waals surface area contributed by atoms with E-state index in [1.807, 2.05) is 0 Å². The molecule has 25 heavy (non-hydrogen) atoms. The van der Waals surface area contributed by atoms with Crippen molar-refractivity contribution < 1.29 is 28.2 Å². The van der Waals surface area contributed by atoms with Crippen molar-refractivity contribution in [1.29, 1.82) is 0 Å². The van der Waals surface area contributed by atoms with Gasteiger partial charge in [0.1, 0.15) is 11.9 Å². The average molecular weight is 351 g/mol. The van der Waals surface area contributed by atoms with Gasteiger partial charge in [0.25, 0.3) is 0 Å². The molecule has 7 heteroatoms. The van der Waals surface area contributed by atoms with Crippen LogP contribution in [-0.4, -0.2) is 37.1 Å². The summed E-state index contributed by atoms with van der Waals surface area (Å²) in [5.74, 6) is -2.16. The van der Waals surface area contributed by atoms with E-state index in [9.17, 15) is 18.8 Å². The van der Waals surface area contributed by atoms with Gasteiger partial charge < -0.3 is 14.8 Å². The highest BCUT2D eigenvalue weighted by atomic mass is 19.1. The van der Waals surface area contributed by atoms with Crippen molar-refractivity contribution in [2.75, 3.05) is 13.2 Å². The molecular formula is C18H22FNO5. The van der Waals surface area contributed by atoms with Crippen molar-refractivity contribution in [3.8, 4) is 0 Å². The van der Waals surface area contributed by atoms with E-state index in [0.717, 1.165) is 6.08 Å². The molecule has 1 rings (SSSR count). The van der Waals surface area contributed by atoms with Crippen molar-refractivity contribution in [2.45, 2.75) is 32.7 Å². The number of ether oxygens (including phenoxy) is 2. The second-order valence-corrected chi connectivity index (χ2v) is 5.01. The summed E-state index contributed by atoms with van der Waals surface area (Å²) in [7, 11) is 0. The quantitative estimate of drug-likeness (QED) is 0.545. The highest BCUT2D eigenvalue weighted by molar-refractivity contribution is 5.94. The zero-order valence-corrected chi connectivity index (χ0v) is 14.3. The molecule has 1 atom stereocenters. The molecule has 0 saturated carbocycles. The summed E-state index contributed by atoms with van der Waals surface area (Å²) in [6, 6.07) is 4.99. The second kappa shape index (κ2) is 11.0. The van der Waals surface area contributed by atoms with Crippen LogP contribution in [0.1, 0.15) is 32.3 Å². The molecule has 0 spiro atoms. The maximum Gasteiger partial charge on any atom is 0.328 e. The third kappa shape index (κ3) is 7.60. The van der Waals surface area contributed by atoms with Crippen LogP contribution in [0, 0.1) is 5.82 Å². The van der Waals surface area contributed by atoms with E-state index in [-0.39, 0.29) is 31.6 Å². The molecule has 0 aliphatic heterocycles. The number of nitrogens with one attached hydrogen (secondary N) is 1. The van der Waals surface area contributed by atoms with Gasteiger partial charge in [-0.25, -0.2) is 9.18 Å². The van der Waals surface area contributed by atoms with Gasteiger partial charge in [-0.15, -0.1) is 0 Å². The Balaban J connectivity index is 2.68. The fourth-order valence-electron chi connectivity index (χ4n) is 1.98. The van der Waals surface area contributed by atoms with Gasteiger partial charge in [0.15, 0.2) is 0 Å². The van der Waals surface area contributed by atoms with Crippen LogP contribution in [0.25, 0.3) is 6.08 Å². The highest BCUT2D eigenvalue weighted by Gasteiger charge is 2.22. The minimum absolute atomic E-state index is 0.0331. The highest BCUT2D eigenvalue weighted by Crippen LogP contribution is 2.08. The van der Waals surface area contributed by atoms with Crippen LogP contribution in [-0.2, 0) is 23.9 Å². The first kappa shape index (κ1) is 20.3. The molecule has 0 radical (unpaired) electrons. The van der Waals surface area contributed by atoms with E-state index < -0.39 is 29.7 Å². The molecule has 0 aliphatic rings. The van der Waals surface area contributed by atoms with E-state index in [1.54, 1.807) is 26.0 Å². The normalized spacial score (nSPS) is 11.8. The predicted molar refractivity (Wildman–Crippen MR) is 89.9 cm³/mol. The number of hydrogen-bond donors (Lipinski definition) is 1. The Bertz CT molecular complexity index is 630. The van der Waals surface area contributed by atoms with Crippen LogP contribution in [0.2, 0.25) is 0 Å². The Morgan fingerprint density at radius 1 is 1.16 bits per heavy atom. The van der Waals surface area contributed by atoms with Crippen LogP contribution in [0.5, 0.6) is 0 Å². The average Bonchev–Trinajstić information content (AvgIpc) is 2.58. The lowest BCUT2D eigenvalue weighted by molar-refractivity contribution is -0.148. The van der Waals surface area contributed by atoms with E-state index in [1.165, 1.54) is 18.2 Å². The van der Waals surface area contributed by atoms with Gasteiger partial charge >= 0.3 is 11.9 Å². The molecule has 0 heterocycles. The molecule has 1 N–H and O–H groups in total. The number of carbonyl (C=O) groups is 3. The minimum Gasteiger partial charge on any atom is -0.466 e. The standard InChI is InChI=1S/C18H22FNO5/c1-3-24-17(22)12-10-15(18(23)25-4-2)20-16(21)11-9-13-7-5-6-8-14(13)19/h5-9,11,15H,3-4,10,12H2,1-2H3,(H,20,21)/t15-/m0/s1. The van der Waals surface area contributed by atoms with E-state index in [4.69, 9.17) is 9.47 Å². The van der Waals surface area contributed by atoms with Crippen molar-refractivity contribution in [3.63, 3.8) is 0 Å². The zero-order valence-electron chi connectivity index (χ0n) is 14.3. The predicted octanol–water partition coefficient (Wildman–Crippen LogP) is 2.23. The Morgan fingerprint density at radius 2 is 1.84 bits per heavy atom. The maximum absolute atomic E-state index is 13.5. The van der Waals surface area contributed by atoms with Crippen molar-refractivity contribution in [2.24, 2.45) is 0 Å². The summed E-state index contributed by atoms with van der Waals surface area (Å²) >= 11 is 0. The molecule has 1 aromatic rings. The van der Waals surface area contributed by atoms with Crippen LogP contribution in [0.15, 0.2) is 30.3 Å². The number of halogens is 1. The number of rotatable bonds is 9. The van der Waals surface area contributed by atoms with Gasteiger partial charge in [-0.1, -0.05) is 18.2 Å². The molecule has 136 valence electrons. The smallest absolute Gasteiger partial charge is 0.328 e. The topological polar surface area (TPSA) is 81.7 Å². The van der Waals surface area contributed by atoms with Crippen LogP contribution >= 0.6 is 0 Å². The molecule has 0 aromatic heterocycles. The zero-order chi connectivity index (χ0) is 18.7. The first-order valence-corrected chi connectivity index (χ1v) is 8.03. The summed E-state index contributed by atoms with van der Waals surface area (Å²) in [4.78, 5) is 35.3. The molecule has 1 aromatic carbocycles. The van der Waals surface area contributed by atoms with Crippen molar-refractivity contribution in [1.82, 2.24) is 5.32 Å². The van der Waals surface area contributed by atoms with Gasteiger partial charge in [-0.2, -0.15) is 0 Å². The molecular weight excluding hydrogens is 329 g/mol. The van der Waals surface area contributed by atoms with Crippen LogP contribution < -0.4 is 5.32 Å². The molecule has 0 aliphatic carbocycles. The Labute approximate surface area is 146 Å². The molecule has 0 saturated heterocycles. The van der Waals surface area contributed by atoms with Gasteiger partial charge in [0.2, 0.25) is 5.91 Å². The minimum atomic E-state index is -0.984. The summed E-state index contributed by atoms with van der Waals surface area (Å²) < 4.78 is 23.2. The molecule has 1 amide bonds. The second-order valence-electron chi connectivity index (χ2n) is 5.01. The Morgan fingerprint density at radius 3 is 2.48 bits per heavy atom. The fraction of sp³-hybridized carbons (Fsp3) is 0.389. The largest absolute Gasteiger partial charge is 0.466 e. The number of benzene rings is 1. The monoisotopic (exact) mass is 351 g/mol. The summed E-state index contributed by atoms with van der Waals surface area (Å²) in [5, 5.41) is 2.46. The Hall–Kier alpha value is -2.70. The molecule has 0 fully saturated rings.